The van der Waals surface area contributed by atoms with Crippen LogP contribution in [-0.4, -0.2) is 43.5 Å². The molecule has 6 nitrogen and oxygen atoms in total. The molecule has 0 aliphatic rings. The quantitative estimate of drug-likeness (QED) is 0.523. The normalized spacial score (nSPS) is 11.1. The largest absolute Gasteiger partial charge is 0.480 e. The monoisotopic (exact) mass is 247 g/mol. The zero-order valence-electron chi connectivity index (χ0n) is 10.7. The highest BCUT2D eigenvalue weighted by Crippen LogP contribution is 1.99. The zero-order chi connectivity index (χ0) is 13.8. The highest BCUT2D eigenvalue weighted by Gasteiger charge is 2.17. The first-order valence-electron chi connectivity index (χ1n) is 5.31. The number of carboxylic acid groups (broad SMARTS) is 1. The van der Waals surface area contributed by atoms with E-state index in [4.69, 9.17) is 5.11 Å². The molecule has 17 heavy (non-hydrogen) atoms. The second-order valence-electron chi connectivity index (χ2n) is 3.63. The average molecular weight is 247 g/mol. The van der Waals surface area contributed by atoms with Gasteiger partial charge < -0.3 is 20.0 Å². The SMILES string of the molecule is CNC(C(=O)O)C(C)C.COC(=O)CCC=O. The van der Waals surface area contributed by atoms with Crippen LogP contribution in [0.4, 0.5) is 0 Å². The molecule has 0 aliphatic heterocycles. The molecule has 0 rings (SSSR count). The smallest absolute Gasteiger partial charge is 0.320 e. The van der Waals surface area contributed by atoms with Gasteiger partial charge in [-0.05, 0) is 13.0 Å². The van der Waals surface area contributed by atoms with Crippen molar-refractivity contribution in [1.82, 2.24) is 5.32 Å². The number of ether oxygens (including phenoxy) is 1. The minimum Gasteiger partial charge on any atom is -0.480 e. The molecule has 0 aromatic heterocycles. The van der Waals surface area contributed by atoms with Crippen molar-refractivity contribution in [3.63, 3.8) is 0 Å². The van der Waals surface area contributed by atoms with E-state index in [1.54, 1.807) is 7.05 Å². The van der Waals surface area contributed by atoms with Crippen LogP contribution in [0.2, 0.25) is 0 Å². The molecule has 0 fully saturated rings. The summed E-state index contributed by atoms with van der Waals surface area (Å²) in [7, 11) is 2.95. The van der Waals surface area contributed by atoms with Crippen LogP contribution in [0.1, 0.15) is 26.7 Å². The maximum atomic E-state index is 10.3. The molecule has 0 aromatic carbocycles. The van der Waals surface area contributed by atoms with Crippen LogP contribution in [-0.2, 0) is 19.1 Å². The molecule has 1 unspecified atom stereocenters. The number of hydrogen-bond donors (Lipinski definition) is 2. The maximum absolute atomic E-state index is 10.3. The summed E-state index contributed by atoms with van der Waals surface area (Å²) in [5, 5.41) is 11.2. The second-order valence-corrected chi connectivity index (χ2v) is 3.63. The number of nitrogens with one attached hydrogen (secondary N) is 1. The van der Waals surface area contributed by atoms with E-state index in [1.807, 2.05) is 13.8 Å². The van der Waals surface area contributed by atoms with Gasteiger partial charge in [0.1, 0.15) is 12.3 Å². The van der Waals surface area contributed by atoms with Crippen molar-refractivity contribution in [2.75, 3.05) is 14.2 Å². The number of methoxy groups -OCH3 is 1. The Balaban J connectivity index is 0. The lowest BCUT2D eigenvalue weighted by atomic mass is 10.1. The molecule has 0 amide bonds. The number of carbonyl (C=O) groups excluding carboxylic acids is 2. The lowest BCUT2D eigenvalue weighted by molar-refractivity contribution is -0.141. The number of aldehydes is 1. The Bertz CT molecular complexity index is 240. The van der Waals surface area contributed by atoms with E-state index in [2.05, 4.69) is 10.1 Å². The summed E-state index contributed by atoms with van der Waals surface area (Å²) < 4.78 is 4.25. The Labute approximate surface area is 101 Å². The molecule has 0 aliphatic carbocycles. The molecule has 1 atom stereocenters. The van der Waals surface area contributed by atoms with Gasteiger partial charge in [-0.2, -0.15) is 0 Å². The summed E-state index contributed by atoms with van der Waals surface area (Å²) >= 11 is 0. The van der Waals surface area contributed by atoms with Crippen LogP contribution in [0.25, 0.3) is 0 Å². The molecule has 6 heteroatoms. The fraction of sp³-hybridized carbons (Fsp3) is 0.727. The summed E-state index contributed by atoms with van der Waals surface area (Å²) in [4.78, 5) is 30.1. The van der Waals surface area contributed by atoms with E-state index in [0.717, 1.165) is 0 Å². The van der Waals surface area contributed by atoms with Gasteiger partial charge in [-0.3, -0.25) is 9.59 Å². The van der Waals surface area contributed by atoms with Crippen molar-refractivity contribution in [3.8, 4) is 0 Å². The Kier molecular flexibility index (Phi) is 11.7. The van der Waals surface area contributed by atoms with Gasteiger partial charge in [0.25, 0.3) is 0 Å². The molecule has 0 saturated heterocycles. The number of carbonyl (C=O) groups is 3. The summed E-state index contributed by atoms with van der Waals surface area (Å²) in [6.07, 6.45) is 1.14. The fourth-order valence-electron chi connectivity index (χ4n) is 1.02. The van der Waals surface area contributed by atoms with Gasteiger partial charge >= 0.3 is 11.9 Å². The minimum absolute atomic E-state index is 0.146. The zero-order valence-corrected chi connectivity index (χ0v) is 10.7. The number of carboxylic acids is 1. The fourth-order valence-corrected chi connectivity index (χ4v) is 1.02. The molecule has 0 spiro atoms. The molecule has 0 radical (unpaired) electrons. The molecule has 2 N–H and O–H groups in total. The summed E-state index contributed by atoms with van der Waals surface area (Å²) in [5.74, 6) is -0.975. The third-order valence-electron chi connectivity index (χ3n) is 1.94. The number of likely N-dealkylation sites (N-methyl/N-ethyl adjacent to an activating group) is 1. The Morgan fingerprint density at radius 3 is 2.12 bits per heavy atom. The highest BCUT2D eigenvalue weighted by atomic mass is 16.5. The Morgan fingerprint density at radius 2 is 1.94 bits per heavy atom. The maximum Gasteiger partial charge on any atom is 0.320 e. The standard InChI is InChI=1S/C6H13NO2.C5H8O3/c1-4(2)5(7-3)6(8)9;1-8-5(7)3-2-4-6/h4-5,7H,1-3H3,(H,8,9);4H,2-3H2,1H3. The summed E-state index contributed by atoms with van der Waals surface area (Å²) in [5.41, 5.74) is 0. The minimum atomic E-state index is -0.785. The summed E-state index contributed by atoms with van der Waals surface area (Å²) in [6, 6.07) is -0.412. The third-order valence-corrected chi connectivity index (χ3v) is 1.94. The summed E-state index contributed by atoms with van der Waals surface area (Å²) in [6.45, 7) is 3.74. The van der Waals surface area contributed by atoms with Crippen LogP contribution in [0.3, 0.4) is 0 Å². The first kappa shape index (κ1) is 17.9. The van der Waals surface area contributed by atoms with Crippen molar-refractivity contribution in [2.24, 2.45) is 5.92 Å². The van der Waals surface area contributed by atoms with E-state index < -0.39 is 12.0 Å². The van der Waals surface area contributed by atoms with Gasteiger partial charge in [0, 0.05) is 6.42 Å². The average Bonchev–Trinajstić information content (AvgIpc) is 2.26. The van der Waals surface area contributed by atoms with Crippen molar-refractivity contribution in [3.05, 3.63) is 0 Å². The number of esters is 1. The molecule has 0 saturated carbocycles. The molecule has 0 bridgehead atoms. The molecular weight excluding hydrogens is 226 g/mol. The van der Waals surface area contributed by atoms with Gasteiger partial charge in [-0.1, -0.05) is 13.8 Å². The lowest BCUT2D eigenvalue weighted by Gasteiger charge is -2.13. The molecule has 0 heterocycles. The van der Waals surface area contributed by atoms with Crippen LogP contribution >= 0.6 is 0 Å². The van der Waals surface area contributed by atoms with Crippen molar-refractivity contribution < 1.29 is 24.2 Å². The number of rotatable bonds is 6. The van der Waals surface area contributed by atoms with Crippen molar-refractivity contribution >= 4 is 18.2 Å². The number of aliphatic carboxylic acids is 1. The first-order chi connectivity index (χ1) is 7.90. The van der Waals surface area contributed by atoms with Crippen LogP contribution in [0, 0.1) is 5.92 Å². The van der Waals surface area contributed by atoms with Gasteiger partial charge in [0.15, 0.2) is 0 Å². The van der Waals surface area contributed by atoms with E-state index in [-0.39, 0.29) is 24.7 Å². The predicted molar refractivity (Wildman–Crippen MR) is 62.6 cm³/mol. The van der Waals surface area contributed by atoms with Crippen molar-refractivity contribution in [2.45, 2.75) is 32.7 Å². The Hall–Kier alpha value is -1.43. The van der Waals surface area contributed by atoms with Gasteiger partial charge in [0.2, 0.25) is 0 Å². The predicted octanol–water partition coefficient (Wildman–Crippen LogP) is 0.453. The van der Waals surface area contributed by atoms with Gasteiger partial charge in [-0.25, -0.2) is 0 Å². The van der Waals surface area contributed by atoms with E-state index in [0.29, 0.717) is 6.29 Å². The second kappa shape index (κ2) is 11.1. The van der Waals surface area contributed by atoms with Crippen molar-refractivity contribution in [1.29, 1.82) is 0 Å². The first-order valence-corrected chi connectivity index (χ1v) is 5.31. The molecule has 100 valence electrons. The van der Waals surface area contributed by atoms with Crippen LogP contribution in [0.15, 0.2) is 0 Å². The number of hydrogen-bond acceptors (Lipinski definition) is 5. The van der Waals surface area contributed by atoms with E-state index in [9.17, 15) is 14.4 Å². The van der Waals surface area contributed by atoms with Gasteiger partial charge in [-0.15, -0.1) is 0 Å². The Morgan fingerprint density at radius 1 is 1.41 bits per heavy atom. The van der Waals surface area contributed by atoms with E-state index in [1.165, 1.54) is 7.11 Å². The topological polar surface area (TPSA) is 92.7 Å². The van der Waals surface area contributed by atoms with Crippen LogP contribution < -0.4 is 5.32 Å². The third kappa shape index (κ3) is 10.8. The molecular formula is C11H21NO5. The lowest BCUT2D eigenvalue weighted by Crippen LogP contribution is -2.38. The van der Waals surface area contributed by atoms with Gasteiger partial charge in [0.05, 0.1) is 13.5 Å². The molecule has 0 aromatic rings. The van der Waals surface area contributed by atoms with E-state index >= 15 is 0 Å². The van der Waals surface area contributed by atoms with Crippen LogP contribution in [0.5, 0.6) is 0 Å². The highest BCUT2D eigenvalue weighted by molar-refractivity contribution is 5.73.